The van der Waals surface area contributed by atoms with E-state index in [2.05, 4.69) is 11.9 Å². The summed E-state index contributed by atoms with van der Waals surface area (Å²) in [6.45, 7) is 4.43. The van der Waals surface area contributed by atoms with Gasteiger partial charge in [0.15, 0.2) is 0 Å². The third-order valence-corrected chi connectivity index (χ3v) is 4.87. The molecule has 0 amide bonds. The molecule has 152 valence electrons. The largest absolute Gasteiger partial charge is 0.465 e. The van der Waals surface area contributed by atoms with E-state index in [1.807, 2.05) is 11.9 Å². The highest BCUT2D eigenvalue weighted by atomic mass is 19.1. The first-order valence-corrected chi connectivity index (χ1v) is 9.50. The second kappa shape index (κ2) is 8.43. The van der Waals surface area contributed by atoms with Crippen molar-refractivity contribution in [2.24, 2.45) is 0 Å². The van der Waals surface area contributed by atoms with Gasteiger partial charge in [-0.2, -0.15) is 0 Å². The van der Waals surface area contributed by atoms with Crippen molar-refractivity contribution in [3.05, 3.63) is 63.7 Å². The number of fused-ring (bicyclic) bond motifs is 1. The van der Waals surface area contributed by atoms with Gasteiger partial charge in [-0.15, -0.1) is 0 Å². The van der Waals surface area contributed by atoms with Crippen LogP contribution in [0.5, 0.6) is 0 Å². The molecule has 0 saturated heterocycles. The lowest BCUT2D eigenvalue weighted by atomic mass is 10.1. The molecule has 0 radical (unpaired) electrons. The number of hydrogen-bond acceptors (Lipinski definition) is 5. The fraction of sp³-hybridized carbons (Fsp3) is 0.318. The van der Waals surface area contributed by atoms with Crippen molar-refractivity contribution in [3.8, 4) is 5.69 Å². The summed E-state index contributed by atoms with van der Waals surface area (Å²) < 4.78 is 20.4. The Bertz CT molecular complexity index is 1120. The maximum absolute atomic E-state index is 14.2. The molecule has 0 spiro atoms. The van der Waals surface area contributed by atoms with Gasteiger partial charge >= 0.3 is 5.97 Å². The predicted molar refractivity (Wildman–Crippen MR) is 112 cm³/mol. The SMILES string of the molecule is CCCCN(C)c1nc2cc(C(=O)OC)ccc2c(=O)n1-c1ccc(C)c(F)c1. The Morgan fingerprint density at radius 3 is 2.66 bits per heavy atom. The van der Waals surface area contributed by atoms with Crippen LogP contribution in [0.1, 0.15) is 35.7 Å². The molecule has 0 unspecified atom stereocenters. The number of aryl methyl sites for hydroxylation is 1. The summed E-state index contributed by atoms with van der Waals surface area (Å²) in [6, 6.07) is 9.29. The molecule has 3 rings (SSSR count). The highest BCUT2D eigenvalue weighted by Gasteiger charge is 2.18. The van der Waals surface area contributed by atoms with Crippen LogP contribution in [0.2, 0.25) is 0 Å². The number of hydrogen-bond donors (Lipinski definition) is 0. The van der Waals surface area contributed by atoms with E-state index in [0.717, 1.165) is 12.8 Å². The standard InChI is InChI=1S/C22H24FN3O3/c1-5-6-11-25(3)22-24-19-12-15(21(28)29-4)8-10-17(19)20(27)26(22)16-9-7-14(2)18(23)13-16/h7-10,12-13H,5-6,11H2,1-4H3. The number of unbranched alkanes of at least 4 members (excludes halogenated alkanes) is 1. The zero-order chi connectivity index (χ0) is 21.1. The summed E-state index contributed by atoms with van der Waals surface area (Å²) >= 11 is 0. The zero-order valence-electron chi connectivity index (χ0n) is 17.0. The molecular weight excluding hydrogens is 373 g/mol. The first-order chi connectivity index (χ1) is 13.9. The molecule has 1 aromatic heterocycles. The van der Waals surface area contributed by atoms with Crippen LogP contribution in [0.25, 0.3) is 16.6 Å². The van der Waals surface area contributed by atoms with E-state index in [4.69, 9.17) is 4.74 Å². The molecule has 29 heavy (non-hydrogen) atoms. The van der Waals surface area contributed by atoms with Gasteiger partial charge in [-0.1, -0.05) is 19.4 Å². The minimum absolute atomic E-state index is 0.313. The van der Waals surface area contributed by atoms with Gasteiger partial charge in [0, 0.05) is 13.6 Å². The third kappa shape index (κ3) is 3.99. The van der Waals surface area contributed by atoms with E-state index in [1.54, 1.807) is 31.2 Å². The van der Waals surface area contributed by atoms with Crippen LogP contribution in [0.15, 0.2) is 41.2 Å². The summed E-state index contributed by atoms with van der Waals surface area (Å²) in [6.07, 6.45) is 1.89. The van der Waals surface area contributed by atoms with Crippen molar-refractivity contribution < 1.29 is 13.9 Å². The van der Waals surface area contributed by atoms with Gasteiger partial charge < -0.3 is 9.64 Å². The Hall–Kier alpha value is -3.22. The van der Waals surface area contributed by atoms with Gasteiger partial charge in [-0.25, -0.2) is 18.7 Å². The molecule has 7 heteroatoms. The molecule has 0 bridgehead atoms. The van der Waals surface area contributed by atoms with Crippen molar-refractivity contribution in [2.45, 2.75) is 26.7 Å². The second-order valence-corrected chi connectivity index (χ2v) is 6.98. The molecule has 0 N–H and O–H groups in total. The molecule has 6 nitrogen and oxygen atoms in total. The van der Waals surface area contributed by atoms with E-state index in [0.29, 0.717) is 40.2 Å². The van der Waals surface area contributed by atoms with Crippen LogP contribution in [-0.4, -0.2) is 36.2 Å². The number of aromatic nitrogens is 2. The number of nitrogens with zero attached hydrogens (tertiary/aromatic N) is 3. The average molecular weight is 397 g/mol. The average Bonchev–Trinajstić information content (AvgIpc) is 2.73. The molecule has 0 aliphatic heterocycles. The fourth-order valence-corrected chi connectivity index (χ4v) is 3.12. The Balaban J connectivity index is 2.29. The van der Waals surface area contributed by atoms with Gasteiger partial charge in [0.25, 0.3) is 5.56 Å². The van der Waals surface area contributed by atoms with E-state index < -0.39 is 11.8 Å². The summed E-state index contributed by atoms with van der Waals surface area (Å²) in [5, 5.41) is 0.339. The highest BCUT2D eigenvalue weighted by molar-refractivity contribution is 5.94. The van der Waals surface area contributed by atoms with Gasteiger partial charge in [0.1, 0.15) is 5.82 Å². The maximum Gasteiger partial charge on any atom is 0.337 e. The molecule has 3 aromatic rings. The maximum atomic E-state index is 14.2. The van der Waals surface area contributed by atoms with Crippen molar-refractivity contribution >= 4 is 22.8 Å². The molecule has 0 fully saturated rings. The Morgan fingerprint density at radius 2 is 2.00 bits per heavy atom. The molecule has 0 atom stereocenters. The number of carbonyl (C=O) groups is 1. The topological polar surface area (TPSA) is 64.4 Å². The van der Waals surface area contributed by atoms with Crippen LogP contribution in [0.3, 0.4) is 0 Å². The van der Waals surface area contributed by atoms with Crippen LogP contribution in [0.4, 0.5) is 10.3 Å². The van der Waals surface area contributed by atoms with E-state index >= 15 is 0 Å². The van der Waals surface area contributed by atoms with Gasteiger partial charge in [-0.3, -0.25) is 4.79 Å². The molecule has 1 heterocycles. The monoisotopic (exact) mass is 397 g/mol. The molecular formula is C22H24FN3O3. The normalized spacial score (nSPS) is 10.9. The number of benzene rings is 2. The fourth-order valence-electron chi connectivity index (χ4n) is 3.12. The number of esters is 1. The summed E-state index contributed by atoms with van der Waals surface area (Å²) in [7, 11) is 3.14. The zero-order valence-corrected chi connectivity index (χ0v) is 17.0. The Morgan fingerprint density at radius 1 is 1.24 bits per heavy atom. The lowest BCUT2D eigenvalue weighted by molar-refractivity contribution is 0.0601. The number of ether oxygens (including phenoxy) is 1. The highest BCUT2D eigenvalue weighted by Crippen LogP contribution is 2.22. The number of carbonyl (C=O) groups excluding carboxylic acids is 1. The van der Waals surface area contributed by atoms with Crippen LogP contribution < -0.4 is 10.5 Å². The smallest absolute Gasteiger partial charge is 0.337 e. The Kier molecular flexibility index (Phi) is 5.96. The van der Waals surface area contributed by atoms with Crippen LogP contribution >= 0.6 is 0 Å². The van der Waals surface area contributed by atoms with Gasteiger partial charge in [0.05, 0.1) is 29.3 Å². The minimum atomic E-state index is -0.501. The number of rotatable bonds is 6. The van der Waals surface area contributed by atoms with Crippen molar-refractivity contribution in [1.82, 2.24) is 9.55 Å². The predicted octanol–water partition coefficient (Wildman–Crippen LogP) is 3.86. The molecule has 0 aliphatic rings. The van der Waals surface area contributed by atoms with E-state index in [-0.39, 0.29) is 5.56 Å². The molecule has 2 aromatic carbocycles. The van der Waals surface area contributed by atoms with Crippen molar-refractivity contribution in [3.63, 3.8) is 0 Å². The lowest BCUT2D eigenvalue weighted by Gasteiger charge is -2.23. The summed E-state index contributed by atoms with van der Waals surface area (Å²) in [4.78, 5) is 31.7. The molecule has 0 aliphatic carbocycles. The minimum Gasteiger partial charge on any atom is -0.465 e. The van der Waals surface area contributed by atoms with Crippen molar-refractivity contribution in [1.29, 1.82) is 0 Å². The van der Waals surface area contributed by atoms with E-state index in [9.17, 15) is 14.0 Å². The second-order valence-electron chi connectivity index (χ2n) is 6.98. The lowest BCUT2D eigenvalue weighted by Crippen LogP contribution is -2.30. The summed E-state index contributed by atoms with van der Waals surface area (Å²) in [5.41, 5.74) is 1.28. The van der Waals surface area contributed by atoms with Crippen LogP contribution in [0, 0.1) is 12.7 Å². The van der Waals surface area contributed by atoms with Gasteiger partial charge in [-0.05, 0) is 49.2 Å². The summed E-state index contributed by atoms with van der Waals surface area (Å²) in [5.74, 6) is -0.502. The molecule has 0 saturated carbocycles. The van der Waals surface area contributed by atoms with Crippen molar-refractivity contribution in [2.75, 3.05) is 25.6 Å². The quantitative estimate of drug-likeness (QED) is 0.591. The third-order valence-electron chi connectivity index (χ3n) is 4.87. The van der Waals surface area contributed by atoms with E-state index in [1.165, 1.54) is 23.8 Å². The number of halogens is 1. The first kappa shape index (κ1) is 20.5. The van der Waals surface area contributed by atoms with Gasteiger partial charge in [0.2, 0.25) is 5.95 Å². The first-order valence-electron chi connectivity index (χ1n) is 9.50. The number of anilines is 1. The van der Waals surface area contributed by atoms with Crippen LogP contribution in [-0.2, 0) is 4.74 Å². The number of methoxy groups -OCH3 is 1. The Labute approximate surface area is 168 Å².